The van der Waals surface area contributed by atoms with E-state index < -0.39 is 0 Å². The molecule has 2 aliphatic rings. The average molecular weight is 190 g/mol. The van der Waals surface area contributed by atoms with E-state index in [1.54, 1.807) is 0 Å². The monoisotopic (exact) mass is 190 g/mol. The van der Waals surface area contributed by atoms with E-state index in [2.05, 4.69) is 29.4 Å². The Morgan fingerprint density at radius 3 is 3.36 bits per heavy atom. The smallest absolute Gasteiger partial charge is 0.0760 e. The lowest BCUT2D eigenvalue weighted by Gasteiger charge is -2.28. The van der Waals surface area contributed by atoms with Crippen molar-refractivity contribution in [1.82, 2.24) is 5.32 Å². The van der Waals surface area contributed by atoms with Crippen LogP contribution in [0.25, 0.3) is 0 Å². The van der Waals surface area contributed by atoms with E-state index in [1.807, 2.05) is 12.3 Å². The van der Waals surface area contributed by atoms with E-state index >= 15 is 0 Å². The van der Waals surface area contributed by atoms with Gasteiger partial charge in [-0.05, 0) is 37.5 Å². The molecular weight excluding hydrogens is 172 g/mol. The second-order valence-electron chi connectivity index (χ2n) is 4.00. The third-order valence-corrected chi connectivity index (χ3v) is 2.85. The maximum atomic E-state index is 4.49. The van der Waals surface area contributed by atoms with Crippen molar-refractivity contribution >= 4 is 6.21 Å². The first-order chi connectivity index (χ1) is 6.90. The molecule has 0 radical (unpaired) electrons. The Morgan fingerprint density at radius 2 is 2.50 bits per heavy atom. The summed E-state index contributed by atoms with van der Waals surface area (Å²) in [5.74, 6) is 0. The number of allylic oxidation sites excluding steroid dienone is 1. The maximum absolute atomic E-state index is 4.49. The molecule has 14 heavy (non-hydrogen) atoms. The number of rotatable bonds is 3. The van der Waals surface area contributed by atoms with Gasteiger partial charge >= 0.3 is 0 Å². The van der Waals surface area contributed by atoms with Gasteiger partial charge in [0.25, 0.3) is 0 Å². The lowest BCUT2D eigenvalue weighted by molar-refractivity contribution is 0.445. The molecule has 2 atom stereocenters. The van der Waals surface area contributed by atoms with Crippen LogP contribution < -0.4 is 5.32 Å². The van der Waals surface area contributed by atoms with Gasteiger partial charge in [0.15, 0.2) is 0 Å². The molecule has 1 heterocycles. The van der Waals surface area contributed by atoms with Gasteiger partial charge in [-0.1, -0.05) is 19.1 Å². The molecule has 0 saturated carbocycles. The van der Waals surface area contributed by atoms with Crippen LogP contribution >= 0.6 is 0 Å². The van der Waals surface area contributed by atoms with Gasteiger partial charge in [0, 0.05) is 12.3 Å². The van der Waals surface area contributed by atoms with Crippen molar-refractivity contribution in [2.45, 2.75) is 38.3 Å². The van der Waals surface area contributed by atoms with Crippen LogP contribution in [0.2, 0.25) is 0 Å². The highest BCUT2D eigenvalue weighted by Gasteiger charge is 2.22. The zero-order chi connectivity index (χ0) is 9.80. The van der Waals surface area contributed by atoms with Crippen molar-refractivity contribution in [3.8, 4) is 0 Å². The van der Waals surface area contributed by atoms with E-state index in [0.29, 0.717) is 12.1 Å². The quantitative estimate of drug-likeness (QED) is 0.724. The fraction of sp³-hybridized carbons (Fsp3) is 0.583. The molecule has 2 heteroatoms. The molecule has 2 unspecified atom stereocenters. The highest BCUT2D eigenvalue weighted by Crippen LogP contribution is 2.24. The SMILES string of the molecule is CCCNC1CC=C2C=CC=NC2C1. The molecule has 0 saturated heterocycles. The maximum Gasteiger partial charge on any atom is 0.0760 e. The molecule has 0 aromatic rings. The van der Waals surface area contributed by atoms with Crippen LogP contribution in [-0.4, -0.2) is 24.8 Å². The molecule has 0 aromatic carbocycles. The number of nitrogens with one attached hydrogen (secondary N) is 1. The Balaban J connectivity index is 1.94. The number of hydrogen-bond donors (Lipinski definition) is 1. The van der Waals surface area contributed by atoms with Gasteiger partial charge in [-0.15, -0.1) is 0 Å². The topological polar surface area (TPSA) is 24.4 Å². The number of fused-ring (bicyclic) bond motifs is 1. The fourth-order valence-corrected chi connectivity index (χ4v) is 2.07. The summed E-state index contributed by atoms with van der Waals surface area (Å²) in [6.45, 7) is 3.33. The van der Waals surface area contributed by atoms with Crippen LogP contribution in [0.15, 0.2) is 28.8 Å². The molecule has 1 aliphatic heterocycles. The molecule has 0 spiro atoms. The first-order valence-electron chi connectivity index (χ1n) is 5.53. The third-order valence-electron chi connectivity index (χ3n) is 2.85. The van der Waals surface area contributed by atoms with Crippen molar-refractivity contribution in [1.29, 1.82) is 0 Å². The first kappa shape index (κ1) is 9.66. The molecule has 0 amide bonds. The standard InChI is InChI=1S/C12H18N2/c1-2-7-13-11-6-5-10-4-3-8-14-12(10)9-11/h3-5,8,11-13H,2,6-7,9H2,1H3. The molecule has 1 N–H and O–H groups in total. The normalized spacial score (nSPS) is 29.9. The van der Waals surface area contributed by atoms with Gasteiger partial charge in [-0.3, -0.25) is 4.99 Å². The Kier molecular flexibility index (Phi) is 3.14. The van der Waals surface area contributed by atoms with Crippen LogP contribution in [0.3, 0.4) is 0 Å². The highest BCUT2D eigenvalue weighted by atomic mass is 14.9. The van der Waals surface area contributed by atoms with E-state index in [4.69, 9.17) is 0 Å². The van der Waals surface area contributed by atoms with Crippen molar-refractivity contribution in [3.63, 3.8) is 0 Å². The van der Waals surface area contributed by atoms with Crippen LogP contribution in [0.4, 0.5) is 0 Å². The van der Waals surface area contributed by atoms with Gasteiger partial charge in [-0.2, -0.15) is 0 Å². The predicted molar refractivity (Wildman–Crippen MR) is 60.8 cm³/mol. The third kappa shape index (κ3) is 2.13. The predicted octanol–water partition coefficient (Wildman–Crippen LogP) is 2.08. The number of aliphatic imine (C=N–C) groups is 1. The van der Waals surface area contributed by atoms with Gasteiger partial charge in [-0.25, -0.2) is 0 Å². The van der Waals surface area contributed by atoms with E-state index in [0.717, 1.165) is 19.4 Å². The van der Waals surface area contributed by atoms with Crippen molar-refractivity contribution in [3.05, 3.63) is 23.8 Å². The summed E-state index contributed by atoms with van der Waals surface area (Å²) in [5, 5.41) is 3.56. The zero-order valence-corrected chi connectivity index (χ0v) is 8.74. The van der Waals surface area contributed by atoms with Crippen LogP contribution in [0.1, 0.15) is 26.2 Å². The van der Waals surface area contributed by atoms with Gasteiger partial charge < -0.3 is 5.32 Å². The zero-order valence-electron chi connectivity index (χ0n) is 8.74. The largest absolute Gasteiger partial charge is 0.314 e. The molecular formula is C12H18N2. The lowest BCUT2D eigenvalue weighted by atomic mass is 9.89. The summed E-state index contributed by atoms with van der Waals surface area (Å²) in [6.07, 6.45) is 12.0. The summed E-state index contributed by atoms with van der Waals surface area (Å²) in [6, 6.07) is 1.05. The number of nitrogens with zero attached hydrogens (tertiary/aromatic N) is 1. The van der Waals surface area contributed by atoms with E-state index in [1.165, 1.54) is 12.0 Å². The summed E-state index contributed by atoms with van der Waals surface area (Å²) < 4.78 is 0. The van der Waals surface area contributed by atoms with Crippen LogP contribution in [0.5, 0.6) is 0 Å². The summed E-state index contributed by atoms with van der Waals surface area (Å²) in [4.78, 5) is 4.49. The molecule has 2 rings (SSSR count). The minimum absolute atomic E-state index is 0.420. The molecule has 2 nitrogen and oxygen atoms in total. The Bertz CT molecular complexity index is 276. The van der Waals surface area contributed by atoms with Crippen molar-refractivity contribution < 1.29 is 0 Å². The molecule has 0 bridgehead atoms. The first-order valence-corrected chi connectivity index (χ1v) is 5.53. The second-order valence-corrected chi connectivity index (χ2v) is 4.00. The fourth-order valence-electron chi connectivity index (χ4n) is 2.07. The highest BCUT2D eigenvalue weighted by molar-refractivity contribution is 5.74. The van der Waals surface area contributed by atoms with E-state index in [-0.39, 0.29) is 0 Å². The van der Waals surface area contributed by atoms with Crippen molar-refractivity contribution in [2.24, 2.45) is 4.99 Å². The minimum atomic E-state index is 0.420. The van der Waals surface area contributed by atoms with Crippen LogP contribution in [-0.2, 0) is 0 Å². The summed E-state index contributed by atoms with van der Waals surface area (Å²) in [5.41, 5.74) is 1.40. The summed E-state index contributed by atoms with van der Waals surface area (Å²) >= 11 is 0. The summed E-state index contributed by atoms with van der Waals surface area (Å²) in [7, 11) is 0. The Morgan fingerprint density at radius 1 is 1.57 bits per heavy atom. The number of hydrogen-bond acceptors (Lipinski definition) is 2. The molecule has 76 valence electrons. The molecule has 1 aliphatic carbocycles. The van der Waals surface area contributed by atoms with Gasteiger partial charge in [0.1, 0.15) is 0 Å². The average Bonchev–Trinajstić information content (AvgIpc) is 2.26. The van der Waals surface area contributed by atoms with Crippen molar-refractivity contribution in [2.75, 3.05) is 6.54 Å². The van der Waals surface area contributed by atoms with Gasteiger partial charge in [0.05, 0.1) is 6.04 Å². The van der Waals surface area contributed by atoms with Crippen LogP contribution in [0, 0.1) is 0 Å². The lowest BCUT2D eigenvalue weighted by Crippen LogP contribution is -2.35. The van der Waals surface area contributed by atoms with Gasteiger partial charge in [0.2, 0.25) is 0 Å². The Hall–Kier alpha value is -0.890. The Labute approximate surface area is 85.8 Å². The van der Waals surface area contributed by atoms with E-state index in [9.17, 15) is 0 Å². The molecule has 0 aromatic heterocycles. The second kappa shape index (κ2) is 4.56. The number of dihydropyridines is 1. The minimum Gasteiger partial charge on any atom is -0.314 e. The molecule has 0 fully saturated rings.